The summed E-state index contributed by atoms with van der Waals surface area (Å²) < 4.78 is 99.9. The number of nitrogens with one attached hydrogen (secondary N) is 5. The van der Waals surface area contributed by atoms with Crippen LogP contribution in [0.2, 0.25) is 0 Å². The molecule has 4 aliphatic rings. The second-order valence-electron chi connectivity index (χ2n) is 40.6. The SMILES string of the molecule is CC(C)(C)OC(=O)NCCn1cc(C[C@H]2NC(=O)[C@H]2N)nn1.CC(C)(O/N=C(\C(=O)C[C@@H]1C(=O)N(S(=O)(=O)O)[C@@H]1Cc1cn(CCN)nn1)c1csc(N)n1)C(=O)O.Cc1nc(/C(=N/OC(C)(C)C(=O)OC(C)(C)C)C(=O)C[C@@H]2C(=O)N(S(=O)(=O)O)[C@@H]2Cc2cn(CCNC(=O)OC(C)(C)C)nn2)cs1.Cc1nc(/C(=N/OC(C)(C)C(=O)OC(C)(C)C)C(=O)C[C@@H]2C(=O)N[C@@H]2Cc2cn(CCNC(=O)OC(C)(C)C)nn2)cs1. The number of nitrogen functional groups attached to an aromatic ring is 1. The number of carboxylic acid groups (broad SMARTS) is 1. The summed E-state index contributed by atoms with van der Waals surface area (Å²) >= 11 is 3.55. The molecule has 0 radical (unpaired) electrons. The number of carboxylic acids is 1. The quantitative estimate of drug-likeness (QED) is 0.00654. The Labute approximate surface area is 863 Å². The molecule has 11 rings (SSSR count). The number of aryl methyl sites for hydroxylation is 2. The maximum Gasteiger partial charge on any atom is 0.407 e. The minimum Gasteiger partial charge on any atom is -0.478 e. The van der Waals surface area contributed by atoms with Crippen LogP contribution in [0.4, 0.5) is 19.5 Å². The Bertz CT molecular complexity index is 6300. The molecule has 61 heteroatoms. The number of carbonyl (C=O) groups is 13. The van der Waals surface area contributed by atoms with Gasteiger partial charge in [0.2, 0.25) is 40.4 Å². The first kappa shape index (κ1) is 120. The molecule has 0 saturated carbocycles. The van der Waals surface area contributed by atoms with Crippen molar-refractivity contribution in [2.75, 3.05) is 31.9 Å². The monoisotopic (exact) mass is 2170 g/mol. The predicted octanol–water partition coefficient (Wildman–Crippen LogP) is 2.83. The Kier molecular flexibility index (Phi) is 39.7. The second-order valence-corrected chi connectivity index (χ2v) is 46.2. The standard InChI is InChI=1S/C28H41N7O10S2.C28H41N7O7S.C18H24N8O8S2.C13H22N6O3/c1-16-30-19(15-46-16)22(32-45-28(8,9)24(38)43-26(2,3)4)21(36)13-18-20(35(23(18)37)47(40,41)42)12-17-14-34(33-31-17)11-10-29-25(39)44-27(5,6)7;1-16-30-20(15-43-16)22(33-42-28(8,9)24(38)40-26(2,3)4)21(36)13-18-19(31-23(18)37)12-17-14-35(34-32-17)11-10-29-25(39)41-27(5,6)7;1-18(2,16(29)30)34-23-14(11-8-35-17(20)21-11)13(27)6-10-12(26(15(10)28)36(31,32)33)5-9-7-25(4-3-19)24-22-9;1-13(2,3)22-12(21)15-4-5-19-7-8(17-18-19)6-9-10(14)11(20)16-9/h14-15,18,20H,10-13H2,1-9H3,(H,29,39)(H,40,41,42);14-15,18-19H,10-13H2,1-9H3,(H,29,39)(H,31,37);7-8,10,12H,3-6,19H2,1-2H3,(H2,20,21)(H,29,30)(H,31,32,33);7,9-10H,4-6,14H2,1-3H3,(H,15,21)(H,16,20)/b32-22-;33-22-;23-14-;/t18-,20+;18-,19+;10-,12+;9-,10+/m0001/s1. The third-order valence-electron chi connectivity index (χ3n) is 20.6. The van der Waals surface area contributed by atoms with E-state index in [0.717, 1.165) is 17.0 Å². The Balaban J connectivity index is 0.000000247. The largest absolute Gasteiger partial charge is 0.478 e. The molecule has 0 unspecified atom stereocenters. The molecule has 148 heavy (non-hydrogen) atoms. The van der Waals surface area contributed by atoms with Crippen molar-refractivity contribution in [2.45, 2.75) is 305 Å². The lowest BCUT2D eigenvalue weighted by Gasteiger charge is -2.43. The molecular weight excluding hydrogens is 2050 g/mol. The van der Waals surface area contributed by atoms with Crippen LogP contribution in [0, 0.1) is 31.6 Å². The highest BCUT2D eigenvalue weighted by Crippen LogP contribution is 2.38. The molecule has 814 valence electrons. The average molecular weight is 2170 g/mol. The van der Waals surface area contributed by atoms with E-state index < -0.39 is 185 Å². The number of alkyl carbamates (subject to hydrolysis) is 3. The van der Waals surface area contributed by atoms with Gasteiger partial charge in [0.25, 0.3) is 0 Å². The van der Waals surface area contributed by atoms with E-state index in [1.165, 1.54) is 91.4 Å². The van der Waals surface area contributed by atoms with Crippen molar-refractivity contribution in [3.8, 4) is 0 Å². The first-order valence-corrected chi connectivity index (χ1v) is 51.5. The fourth-order valence-electron chi connectivity index (χ4n) is 13.4. The van der Waals surface area contributed by atoms with Gasteiger partial charge in [-0.1, -0.05) is 36.3 Å². The van der Waals surface area contributed by atoms with Gasteiger partial charge in [0.1, 0.15) is 51.1 Å². The normalized spacial score (nSPS) is 18.4. The van der Waals surface area contributed by atoms with Gasteiger partial charge in [0, 0.05) is 118 Å². The van der Waals surface area contributed by atoms with Gasteiger partial charge in [-0.3, -0.25) is 61.4 Å². The number of rotatable bonds is 42. The summed E-state index contributed by atoms with van der Waals surface area (Å²) in [7, 11) is -9.88. The van der Waals surface area contributed by atoms with E-state index in [-0.39, 0.29) is 101 Å². The van der Waals surface area contributed by atoms with Crippen LogP contribution in [-0.4, -0.2) is 310 Å². The van der Waals surface area contributed by atoms with E-state index in [1.54, 1.807) is 150 Å². The van der Waals surface area contributed by atoms with E-state index in [4.69, 9.17) is 55.4 Å². The van der Waals surface area contributed by atoms with Gasteiger partial charge in [-0.25, -0.2) is 52.3 Å². The highest BCUT2D eigenvalue weighted by Gasteiger charge is 2.56. The number of amides is 7. The van der Waals surface area contributed by atoms with Gasteiger partial charge in [-0.05, 0) is 159 Å². The third-order valence-corrected chi connectivity index (χ3v) is 24.7. The Hall–Kier alpha value is -13.5. The van der Waals surface area contributed by atoms with Crippen molar-refractivity contribution in [3.63, 3.8) is 0 Å². The second kappa shape index (κ2) is 49.1. The summed E-state index contributed by atoms with van der Waals surface area (Å²) in [5.41, 5.74) is 10.1. The number of nitrogens with zero attached hydrogens (tertiary/aromatic N) is 20. The van der Waals surface area contributed by atoms with Crippen LogP contribution in [0.1, 0.15) is 215 Å². The number of carbonyl (C=O) groups excluding carboxylic acids is 12. The molecule has 7 aromatic heterocycles. The maximum absolute atomic E-state index is 13.6. The van der Waals surface area contributed by atoms with Gasteiger partial charge in [-0.2, -0.15) is 16.8 Å². The van der Waals surface area contributed by atoms with Crippen molar-refractivity contribution < 1.29 is 132 Å². The number of thiazole rings is 3. The molecule has 56 nitrogen and oxygen atoms in total. The third kappa shape index (κ3) is 36.2. The number of nitrogens with two attached hydrogens (primary N) is 3. The number of ether oxygens (including phenoxy) is 5. The molecule has 11 heterocycles. The van der Waals surface area contributed by atoms with Crippen LogP contribution in [0.3, 0.4) is 0 Å². The van der Waals surface area contributed by atoms with E-state index in [0.29, 0.717) is 77.0 Å². The molecule has 14 N–H and O–H groups in total. The molecule has 0 bridgehead atoms. The average Bonchev–Trinajstić information content (AvgIpc) is 1.73. The molecular formula is C87H128N28O28S5. The van der Waals surface area contributed by atoms with Crippen LogP contribution in [0.15, 0.2) is 56.4 Å². The molecule has 0 aromatic carbocycles. The minimum absolute atomic E-state index is 0.0108. The van der Waals surface area contributed by atoms with Crippen LogP contribution in [-0.2, 0) is 159 Å². The van der Waals surface area contributed by atoms with Crippen LogP contribution >= 0.6 is 34.0 Å². The van der Waals surface area contributed by atoms with E-state index >= 15 is 0 Å². The summed E-state index contributed by atoms with van der Waals surface area (Å²) in [6.45, 7) is 40.5. The Morgan fingerprint density at radius 1 is 0.432 bits per heavy atom. The van der Waals surface area contributed by atoms with Gasteiger partial charge < -0.3 is 87.1 Å². The molecule has 4 saturated heterocycles. The van der Waals surface area contributed by atoms with E-state index in [1.807, 2.05) is 0 Å². The number of hydrogen-bond donors (Lipinski definition) is 11. The van der Waals surface area contributed by atoms with Gasteiger partial charge in [0.15, 0.2) is 39.6 Å². The number of hydrogen-bond acceptors (Lipinski definition) is 45. The lowest BCUT2D eigenvalue weighted by molar-refractivity contribution is -0.180. The van der Waals surface area contributed by atoms with Crippen molar-refractivity contribution in [1.82, 2.24) is 110 Å². The fraction of sp³-hybridized carbons (Fsp3) is 0.621. The highest BCUT2D eigenvalue weighted by molar-refractivity contribution is 7.84. The Morgan fingerprint density at radius 3 is 1.02 bits per heavy atom. The summed E-state index contributed by atoms with van der Waals surface area (Å²) in [6.07, 6.45) is 4.28. The van der Waals surface area contributed by atoms with E-state index in [2.05, 4.69) is 98.3 Å². The zero-order chi connectivity index (χ0) is 111. The molecule has 0 aliphatic carbocycles. The first-order valence-electron chi connectivity index (χ1n) is 46.1. The molecule has 7 amide bonds. The Morgan fingerprint density at radius 2 is 0.736 bits per heavy atom. The topological polar surface area (TPSA) is 768 Å². The number of oxime groups is 3. The number of esters is 2. The molecule has 0 spiro atoms. The number of Topliss-reactive ketones (excluding diaryl/α,β-unsaturated/α-hetero) is 3. The predicted molar refractivity (Wildman–Crippen MR) is 527 cm³/mol. The molecule has 8 atom stereocenters. The number of ketones is 3. The molecule has 4 aliphatic heterocycles. The van der Waals surface area contributed by atoms with Crippen molar-refractivity contribution in [1.29, 1.82) is 0 Å². The van der Waals surface area contributed by atoms with Gasteiger partial charge in [-0.15, -0.1) is 54.4 Å². The smallest absolute Gasteiger partial charge is 0.407 e. The number of anilines is 1. The van der Waals surface area contributed by atoms with Crippen molar-refractivity contribution in [3.05, 3.63) is 90.8 Å². The fourth-order valence-corrected chi connectivity index (χ4v) is 17.0. The zero-order valence-corrected chi connectivity index (χ0v) is 90.1. The molecule has 7 aromatic rings. The van der Waals surface area contributed by atoms with Gasteiger partial charge >= 0.3 is 56.8 Å². The first-order chi connectivity index (χ1) is 68.3. The number of aliphatic carboxylic acids is 1. The van der Waals surface area contributed by atoms with Gasteiger partial charge in [0.05, 0.1) is 94.8 Å². The van der Waals surface area contributed by atoms with Crippen LogP contribution < -0.4 is 43.8 Å². The minimum atomic E-state index is -4.97. The van der Waals surface area contributed by atoms with E-state index in [9.17, 15) is 93.4 Å². The lowest BCUT2D eigenvalue weighted by Crippen LogP contribution is -2.67. The van der Waals surface area contributed by atoms with Crippen molar-refractivity contribution in [2.24, 2.45) is 44.7 Å². The van der Waals surface area contributed by atoms with Crippen LogP contribution in [0.5, 0.6) is 0 Å². The van der Waals surface area contributed by atoms with Crippen molar-refractivity contribution >= 4 is 154 Å². The van der Waals surface area contributed by atoms with Crippen LogP contribution in [0.25, 0.3) is 0 Å². The summed E-state index contributed by atoms with van der Waals surface area (Å²) in [6, 6.07) is -3.22. The lowest BCUT2D eigenvalue weighted by atomic mass is 9.82. The summed E-state index contributed by atoms with van der Waals surface area (Å²) in [4.78, 5) is 190. The number of β-lactam (4-membered cyclic amide) rings is 4. The number of aromatic nitrogens is 15. The molecule has 4 fully saturated rings. The maximum atomic E-state index is 13.6. The zero-order valence-electron chi connectivity index (χ0n) is 86.0. The summed E-state index contributed by atoms with van der Waals surface area (Å²) in [5.74, 6) is -10.1. The highest BCUT2D eigenvalue weighted by atomic mass is 32.2. The summed E-state index contributed by atoms with van der Waals surface area (Å²) in [5, 5.41) is 72.3.